The van der Waals surface area contributed by atoms with Crippen molar-refractivity contribution in [2.24, 2.45) is 5.92 Å². The Kier molecular flexibility index (Phi) is 5.49. The van der Waals surface area contributed by atoms with Crippen LogP contribution in [-0.2, 0) is 35.3 Å². The van der Waals surface area contributed by atoms with Crippen LogP contribution in [0, 0.1) is 5.92 Å². The highest BCUT2D eigenvalue weighted by Crippen LogP contribution is 2.23. The molecule has 0 aromatic heterocycles. The minimum absolute atomic E-state index is 0.128. The van der Waals surface area contributed by atoms with E-state index in [-0.39, 0.29) is 12.5 Å². The van der Waals surface area contributed by atoms with Gasteiger partial charge < -0.3 is 10.4 Å². The lowest BCUT2D eigenvalue weighted by Crippen LogP contribution is -2.34. The number of nitrogens with one attached hydrogen (secondary N) is 1. The number of rotatable bonds is 7. The molecular weight excluding hydrogens is 314 g/mol. The van der Waals surface area contributed by atoms with Crippen LogP contribution in [0.5, 0.6) is 0 Å². The van der Waals surface area contributed by atoms with Gasteiger partial charge in [-0.3, -0.25) is 9.59 Å². The van der Waals surface area contributed by atoms with Crippen molar-refractivity contribution < 1.29 is 14.7 Å². The predicted octanol–water partition coefficient (Wildman–Crippen LogP) is 2.78. The molecule has 2 N–H and O–H groups in total. The smallest absolute Gasteiger partial charge is 0.308 e. The minimum Gasteiger partial charge on any atom is -0.481 e. The fourth-order valence-corrected chi connectivity index (χ4v) is 3.37. The molecule has 1 amide bonds. The van der Waals surface area contributed by atoms with E-state index in [1.54, 1.807) is 0 Å². The SMILES string of the molecule is O=C(Cc1ccc2c(c1)CCC2)NCC(Cc1ccccc1)C(=O)O. The van der Waals surface area contributed by atoms with Crippen LogP contribution in [0.3, 0.4) is 0 Å². The summed E-state index contributed by atoms with van der Waals surface area (Å²) < 4.78 is 0. The molecule has 4 nitrogen and oxygen atoms in total. The number of fused-ring (bicyclic) bond motifs is 1. The second kappa shape index (κ2) is 7.97. The summed E-state index contributed by atoms with van der Waals surface area (Å²) in [6.07, 6.45) is 4.11. The fourth-order valence-electron chi connectivity index (χ4n) is 3.37. The van der Waals surface area contributed by atoms with Crippen LogP contribution < -0.4 is 5.32 Å². The third-order valence-electron chi connectivity index (χ3n) is 4.75. The van der Waals surface area contributed by atoms with Crippen molar-refractivity contribution in [2.75, 3.05) is 6.54 Å². The van der Waals surface area contributed by atoms with E-state index in [9.17, 15) is 14.7 Å². The van der Waals surface area contributed by atoms with E-state index >= 15 is 0 Å². The highest BCUT2D eigenvalue weighted by molar-refractivity contribution is 5.79. The van der Waals surface area contributed by atoms with Gasteiger partial charge in [-0.15, -0.1) is 0 Å². The number of aryl methyl sites for hydroxylation is 2. The van der Waals surface area contributed by atoms with Crippen molar-refractivity contribution in [3.05, 3.63) is 70.8 Å². The van der Waals surface area contributed by atoms with Crippen LogP contribution in [0.4, 0.5) is 0 Å². The predicted molar refractivity (Wildman–Crippen MR) is 96.5 cm³/mol. The van der Waals surface area contributed by atoms with E-state index in [1.165, 1.54) is 17.5 Å². The Labute approximate surface area is 147 Å². The molecule has 4 heteroatoms. The Bertz CT molecular complexity index is 755. The molecule has 0 fully saturated rings. The Morgan fingerprint density at radius 2 is 1.76 bits per heavy atom. The van der Waals surface area contributed by atoms with E-state index in [1.807, 2.05) is 36.4 Å². The lowest BCUT2D eigenvalue weighted by Gasteiger charge is -2.14. The summed E-state index contributed by atoms with van der Waals surface area (Å²) in [6.45, 7) is 0.147. The molecule has 0 heterocycles. The highest BCUT2D eigenvalue weighted by atomic mass is 16.4. The van der Waals surface area contributed by atoms with Gasteiger partial charge in [-0.05, 0) is 47.9 Å². The van der Waals surface area contributed by atoms with Gasteiger partial charge in [0.25, 0.3) is 0 Å². The van der Waals surface area contributed by atoms with Crippen molar-refractivity contribution in [3.63, 3.8) is 0 Å². The maximum absolute atomic E-state index is 12.2. The molecule has 0 spiro atoms. The van der Waals surface area contributed by atoms with Crippen LogP contribution in [-0.4, -0.2) is 23.5 Å². The summed E-state index contributed by atoms with van der Waals surface area (Å²) in [5.74, 6) is -1.63. The molecule has 1 aliphatic rings. The van der Waals surface area contributed by atoms with Gasteiger partial charge in [0, 0.05) is 6.54 Å². The Balaban J connectivity index is 1.54. The zero-order valence-electron chi connectivity index (χ0n) is 14.2. The van der Waals surface area contributed by atoms with Crippen LogP contribution in [0.15, 0.2) is 48.5 Å². The van der Waals surface area contributed by atoms with E-state index in [0.717, 1.165) is 24.0 Å². The summed E-state index contributed by atoms with van der Waals surface area (Å²) >= 11 is 0. The van der Waals surface area contributed by atoms with Gasteiger partial charge in [-0.2, -0.15) is 0 Å². The molecular formula is C21H23NO3. The molecule has 0 radical (unpaired) electrons. The topological polar surface area (TPSA) is 66.4 Å². The molecule has 1 aliphatic carbocycles. The maximum Gasteiger partial charge on any atom is 0.308 e. The van der Waals surface area contributed by atoms with Crippen molar-refractivity contribution in [2.45, 2.75) is 32.1 Å². The lowest BCUT2D eigenvalue weighted by molar-refractivity contribution is -0.141. The van der Waals surface area contributed by atoms with Gasteiger partial charge in [0.15, 0.2) is 0 Å². The molecule has 2 aromatic rings. The van der Waals surface area contributed by atoms with Crippen molar-refractivity contribution in [3.8, 4) is 0 Å². The molecule has 2 aromatic carbocycles. The number of hydrogen-bond donors (Lipinski definition) is 2. The molecule has 130 valence electrons. The maximum atomic E-state index is 12.2. The van der Waals surface area contributed by atoms with E-state index in [0.29, 0.717) is 12.8 Å². The molecule has 0 bridgehead atoms. The van der Waals surface area contributed by atoms with Gasteiger partial charge in [0.05, 0.1) is 12.3 Å². The number of carboxylic acid groups (broad SMARTS) is 1. The summed E-state index contributed by atoms with van der Waals surface area (Å²) in [4.78, 5) is 23.6. The molecule has 3 rings (SSSR count). The number of carbonyl (C=O) groups is 2. The van der Waals surface area contributed by atoms with Crippen LogP contribution in [0.2, 0.25) is 0 Å². The summed E-state index contributed by atoms with van der Waals surface area (Å²) in [6, 6.07) is 15.7. The number of carbonyl (C=O) groups excluding carboxylic acids is 1. The Morgan fingerprint density at radius 1 is 1.00 bits per heavy atom. The first-order valence-corrected chi connectivity index (χ1v) is 8.76. The number of benzene rings is 2. The number of hydrogen-bond acceptors (Lipinski definition) is 2. The first kappa shape index (κ1) is 17.2. The van der Waals surface area contributed by atoms with Crippen molar-refractivity contribution in [1.82, 2.24) is 5.32 Å². The molecule has 0 saturated heterocycles. The number of aliphatic carboxylic acids is 1. The van der Waals surface area contributed by atoms with Gasteiger partial charge in [0.2, 0.25) is 5.91 Å². The molecule has 1 atom stereocenters. The van der Waals surface area contributed by atoms with Crippen LogP contribution in [0.25, 0.3) is 0 Å². The van der Waals surface area contributed by atoms with Gasteiger partial charge in [-0.1, -0.05) is 48.5 Å². The van der Waals surface area contributed by atoms with Crippen LogP contribution in [0.1, 0.15) is 28.7 Å². The summed E-state index contributed by atoms with van der Waals surface area (Å²) in [5.41, 5.74) is 4.69. The van der Waals surface area contributed by atoms with Crippen molar-refractivity contribution in [1.29, 1.82) is 0 Å². The average Bonchev–Trinajstić information content (AvgIpc) is 3.07. The Hall–Kier alpha value is -2.62. The lowest BCUT2D eigenvalue weighted by atomic mass is 9.99. The fraction of sp³-hybridized carbons (Fsp3) is 0.333. The van der Waals surface area contributed by atoms with Gasteiger partial charge >= 0.3 is 5.97 Å². The zero-order chi connectivity index (χ0) is 17.6. The zero-order valence-corrected chi connectivity index (χ0v) is 14.2. The third kappa shape index (κ3) is 4.69. The van der Waals surface area contributed by atoms with E-state index < -0.39 is 11.9 Å². The highest BCUT2D eigenvalue weighted by Gasteiger charge is 2.19. The van der Waals surface area contributed by atoms with Crippen LogP contribution >= 0.6 is 0 Å². The molecule has 25 heavy (non-hydrogen) atoms. The average molecular weight is 337 g/mol. The third-order valence-corrected chi connectivity index (χ3v) is 4.75. The molecule has 0 saturated carbocycles. The quantitative estimate of drug-likeness (QED) is 0.816. The number of amides is 1. The van der Waals surface area contributed by atoms with E-state index in [4.69, 9.17) is 0 Å². The first-order chi connectivity index (χ1) is 12.1. The minimum atomic E-state index is -0.887. The summed E-state index contributed by atoms with van der Waals surface area (Å²) in [5, 5.41) is 12.2. The Morgan fingerprint density at radius 3 is 2.52 bits per heavy atom. The van der Waals surface area contributed by atoms with Crippen molar-refractivity contribution >= 4 is 11.9 Å². The monoisotopic (exact) mass is 337 g/mol. The normalized spacial score (nSPS) is 13.9. The van der Waals surface area contributed by atoms with Gasteiger partial charge in [-0.25, -0.2) is 0 Å². The van der Waals surface area contributed by atoms with E-state index in [2.05, 4.69) is 17.4 Å². The number of carboxylic acids is 1. The molecule has 1 unspecified atom stereocenters. The molecule has 0 aliphatic heterocycles. The second-order valence-corrected chi connectivity index (χ2v) is 6.66. The largest absolute Gasteiger partial charge is 0.481 e. The standard InChI is InChI=1S/C21H23NO3/c23-20(13-16-9-10-17-7-4-8-18(17)12-16)22-14-19(21(24)25)11-15-5-2-1-3-6-15/h1-3,5-6,9-10,12,19H,4,7-8,11,13-14H2,(H,22,23)(H,24,25). The summed E-state index contributed by atoms with van der Waals surface area (Å²) in [7, 11) is 0. The van der Waals surface area contributed by atoms with Gasteiger partial charge in [0.1, 0.15) is 0 Å². The second-order valence-electron chi connectivity index (χ2n) is 6.66. The first-order valence-electron chi connectivity index (χ1n) is 8.76.